The molecule has 6 nitrogen and oxygen atoms in total. The Bertz CT molecular complexity index is 3670. The van der Waals surface area contributed by atoms with E-state index in [9.17, 15) is 0 Å². The van der Waals surface area contributed by atoms with Crippen LogP contribution in [0.1, 0.15) is 22.3 Å². The lowest BCUT2D eigenvalue weighted by Crippen LogP contribution is -2.35. The second-order valence-electron chi connectivity index (χ2n) is 16.0. The Morgan fingerprint density at radius 1 is 0.419 bits per heavy atom. The van der Waals surface area contributed by atoms with Crippen molar-refractivity contribution in [2.24, 2.45) is 0 Å². The van der Waals surface area contributed by atoms with Crippen LogP contribution in [0.4, 0.5) is 0 Å². The third-order valence-corrected chi connectivity index (χ3v) is 12.7. The summed E-state index contributed by atoms with van der Waals surface area (Å²) >= 11 is 0. The predicted molar refractivity (Wildman–Crippen MR) is 249 cm³/mol. The first kappa shape index (κ1) is 34.5. The number of benzene rings is 7. The van der Waals surface area contributed by atoms with E-state index in [-0.39, 0.29) is 0 Å². The number of aromatic nitrogens is 5. The molecule has 12 aromatic rings. The molecule has 13 rings (SSSR count). The highest BCUT2D eigenvalue weighted by Gasteiger charge is 2.45. The monoisotopic (exact) mass is 793 g/mol. The van der Waals surface area contributed by atoms with E-state index in [1.807, 2.05) is 36.7 Å². The van der Waals surface area contributed by atoms with Crippen molar-refractivity contribution in [3.05, 3.63) is 235 Å². The zero-order valence-electron chi connectivity index (χ0n) is 33.4. The Labute approximate surface area is 356 Å². The smallest absolute Gasteiger partial charge is 0.147 e. The van der Waals surface area contributed by atoms with E-state index >= 15 is 0 Å². The number of pyridine rings is 3. The molecular formula is C56H35N5O. The number of hydrogen-bond donors (Lipinski definition) is 0. The molecule has 0 saturated heterocycles. The van der Waals surface area contributed by atoms with Gasteiger partial charge < -0.3 is 4.74 Å². The number of rotatable bonds is 6. The number of fused-ring (bicyclic) bond motifs is 11. The molecule has 0 radical (unpaired) electrons. The van der Waals surface area contributed by atoms with E-state index in [1.54, 1.807) is 0 Å². The van der Waals surface area contributed by atoms with E-state index in [4.69, 9.17) is 19.7 Å². The topological polar surface area (TPSA) is 57.2 Å². The number of imidazole rings is 1. The number of nitrogens with zero attached hydrogens (tertiary/aromatic N) is 5. The van der Waals surface area contributed by atoms with Gasteiger partial charge in [0, 0.05) is 51.1 Å². The van der Waals surface area contributed by atoms with Crippen molar-refractivity contribution in [1.29, 1.82) is 0 Å². The molecule has 0 aliphatic carbocycles. The van der Waals surface area contributed by atoms with Crippen LogP contribution < -0.4 is 4.74 Å². The minimum absolute atomic E-state index is 0.614. The third-order valence-electron chi connectivity index (χ3n) is 12.7. The van der Waals surface area contributed by atoms with Gasteiger partial charge in [-0.3, -0.25) is 8.97 Å². The van der Waals surface area contributed by atoms with Crippen molar-refractivity contribution in [3.63, 3.8) is 0 Å². The van der Waals surface area contributed by atoms with Crippen LogP contribution >= 0.6 is 0 Å². The molecule has 0 bridgehead atoms. The Morgan fingerprint density at radius 2 is 1.02 bits per heavy atom. The number of hydrogen-bond acceptors (Lipinski definition) is 4. The molecule has 7 aromatic carbocycles. The maximum absolute atomic E-state index is 6.99. The standard InChI is InChI=1S/C56H35N5O/c1-5-16-36(17-6-1)50-51(37-18-7-2-8-19-37)61-54-44(25-14-33-58-54)42-30-28-40(34-46(42)55(61)59-50)62-41-29-31-47-49(35-41)60-52-43(45-26-15-32-57-53(45)60)24-13-27-48(52)56(47,38-20-9-3-10-21-38)39-22-11-4-12-23-39/h1-35H. The highest BCUT2D eigenvalue weighted by Crippen LogP contribution is 2.54. The molecule has 1 aliphatic heterocycles. The molecule has 5 aromatic heterocycles. The van der Waals surface area contributed by atoms with E-state index < -0.39 is 5.41 Å². The van der Waals surface area contributed by atoms with Gasteiger partial charge in [-0.2, -0.15) is 0 Å². The average Bonchev–Trinajstić information content (AvgIpc) is 3.92. The van der Waals surface area contributed by atoms with Crippen LogP contribution in [-0.2, 0) is 5.41 Å². The number of para-hydroxylation sites is 1. The lowest BCUT2D eigenvalue weighted by Gasteiger charge is -2.41. The summed E-state index contributed by atoms with van der Waals surface area (Å²) in [4.78, 5) is 15.4. The van der Waals surface area contributed by atoms with Crippen LogP contribution in [0.15, 0.2) is 213 Å². The predicted octanol–water partition coefficient (Wildman–Crippen LogP) is 13.4. The van der Waals surface area contributed by atoms with Crippen LogP contribution in [0.3, 0.4) is 0 Å². The van der Waals surface area contributed by atoms with Gasteiger partial charge in [0.1, 0.15) is 28.4 Å². The Morgan fingerprint density at radius 3 is 1.73 bits per heavy atom. The summed E-state index contributed by atoms with van der Waals surface area (Å²) < 4.78 is 11.5. The zero-order chi connectivity index (χ0) is 40.8. The largest absolute Gasteiger partial charge is 0.457 e. The molecule has 0 N–H and O–H groups in total. The molecule has 0 amide bonds. The summed E-state index contributed by atoms with van der Waals surface area (Å²) in [6, 6.07) is 70.6. The Kier molecular flexibility index (Phi) is 7.42. The second-order valence-corrected chi connectivity index (χ2v) is 16.0. The van der Waals surface area contributed by atoms with Crippen LogP contribution in [-0.4, -0.2) is 23.9 Å². The molecule has 6 heterocycles. The normalized spacial score (nSPS) is 13.0. The molecule has 0 spiro atoms. The van der Waals surface area contributed by atoms with Gasteiger partial charge in [-0.05, 0) is 76.2 Å². The molecule has 0 unspecified atom stereocenters. The first-order chi connectivity index (χ1) is 30.8. The highest BCUT2D eigenvalue weighted by molar-refractivity contribution is 6.13. The van der Waals surface area contributed by atoms with Gasteiger partial charge in [-0.25, -0.2) is 15.0 Å². The summed E-state index contributed by atoms with van der Waals surface area (Å²) in [6.07, 6.45) is 3.75. The molecule has 6 heteroatoms. The van der Waals surface area contributed by atoms with Crippen molar-refractivity contribution in [2.45, 2.75) is 5.41 Å². The van der Waals surface area contributed by atoms with Crippen molar-refractivity contribution in [3.8, 4) is 39.7 Å². The molecular weight excluding hydrogens is 759 g/mol. The SMILES string of the molecule is c1ccc(-c2nc3c4cc(Oc5ccc6c(c5)-n5c7ncccc7c7cccc(c75)C6(c5ccccc5)c5ccccc5)ccc4c4cccnc4n3c2-c2ccccc2)cc1. The summed E-state index contributed by atoms with van der Waals surface area (Å²) in [6.45, 7) is 0. The van der Waals surface area contributed by atoms with Crippen LogP contribution in [0.5, 0.6) is 11.5 Å². The van der Waals surface area contributed by atoms with Crippen molar-refractivity contribution >= 4 is 49.4 Å². The quantitative estimate of drug-likeness (QED) is 0.157. The lowest BCUT2D eigenvalue weighted by atomic mass is 9.63. The van der Waals surface area contributed by atoms with Crippen LogP contribution in [0, 0.1) is 0 Å². The average molecular weight is 794 g/mol. The fourth-order valence-corrected chi connectivity index (χ4v) is 10.2. The van der Waals surface area contributed by atoms with Crippen LogP contribution in [0.2, 0.25) is 0 Å². The molecule has 1 aliphatic rings. The van der Waals surface area contributed by atoms with Gasteiger partial charge in [0.15, 0.2) is 0 Å². The molecule has 0 fully saturated rings. The summed E-state index contributed by atoms with van der Waals surface area (Å²) in [5.74, 6) is 1.43. The minimum atomic E-state index is -0.614. The molecule has 0 atom stereocenters. The minimum Gasteiger partial charge on any atom is -0.457 e. The van der Waals surface area contributed by atoms with E-state index in [2.05, 4.69) is 185 Å². The maximum atomic E-state index is 6.99. The summed E-state index contributed by atoms with van der Waals surface area (Å²) in [5, 5.41) is 5.36. The van der Waals surface area contributed by atoms with Crippen LogP contribution in [0.25, 0.3) is 77.6 Å². The first-order valence-corrected chi connectivity index (χ1v) is 20.9. The van der Waals surface area contributed by atoms with Crippen molar-refractivity contribution < 1.29 is 4.74 Å². The maximum Gasteiger partial charge on any atom is 0.147 e. The Hall–Kier alpha value is -8.35. The van der Waals surface area contributed by atoms with E-state index in [1.165, 1.54) is 22.1 Å². The molecule has 0 saturated carbocycles. The van der Waals surface area contributed by atoms with E-state index in [0.29, 0.717) is 5.75 Å². The lowest BCUT2D eigenvalue weighted by molar-refractivity contribution is 0.482. The summed E-state index contributed by atoms with van der Waals surface area (Å²) in [7, 11) is 0. The third kappa shape index (κ3) is 4.83. The molecule has 62 heavy (non-hydrogen) atoms. The van der Waals surface area contributed by atoms with Gasteiger partial charge in [-0.15, -0.1) is 0 Å². The van der Waals surface area contributed by atoms with Crippen molar-refractivity contribution in [2.75, 3.05) is 0 Å². The van der Waals surface area contributed by atoms with Gasteiger partial charge >= 0.3 is 0 Å². The second kappa shape index (κ2) is 13.3. The Balaban J connectivity index is 1.05. The first-order valence-electron chi connectivity index (χ1n) is 20.9. The highest BCUT2D eigenvalue weighted by atomic mass is 16.5. The number of ether oxygens (including phenoxy) is 1. The fourth-order valence-electron chi connectivity index (χ4n) is 10.2. The summed E-state index contributed by atoms with van der Waals surface area (Å²) in [5.41, 5.74) is 12.9. The van der Waals surface area contributed by atoms with Crippen molar-refractivity contribution in [1.82, 2.24) is 23.9 Å². The fraction of sp³-hybridized carbons (Fsp3) is 0.0179. The van der Waals surface area contributed by atoms with Gasteiger partial charge in [0.25, 0.3) is 0 Å². The molecule has 290 valence electrons. The van der Waals surface area contributed by atoms with Gasteiger partial charge in [0.2, 0.25) is 0 Å². The van der Waals surface area contributed by atoms with Gasteiger partial charge in [0.05, 0.1) is 28.0 Å². The van der Waals surface area contributed by atoms with E-state index in [0.717, 1.165) is 83.5 Å². The van der Waals surface area contributed by atoms with Gasteiger partial charge in [-0.1, -0.05) is 146 Å². The zero-order valence-corrected chi connectivity index (χ0v) is 33.4.